The molecule has 0 saturated heterocycles. The van der Waals surface area contributed by atoms with Gasteiger partial charge in [-0.15, -0.1) is 0 Å². The Morgan fingerprint density at radius 3 is 2.73 bits per heavy atom. The second-order valence-corrected chi connectivity index (χ2v) is 8.17. The number of carbonyl (C=O) groups is 1. The summed E-state index contributed by atoms with van der Waals surface area (Å²) in [6, 6.07) is 8.24. The number of hydrogen-bond donors (Lipinski definition) is 2. The third-order valence-electron chi connectivity index (χ3n) is 6.13. The predicted octanol–water partition coefficient (Wildman–Crippen LogP) is 4.40. The van der Waals surface area contributed by atoms with Crippen molar-refractivity contribution in [3.8, 4) is 0 Å². The molecule has 0 spiro atoms. The number of nitrogens with one attached hydrogen (secondary N) is 2. The van der Waals surface area contributed by atoms with E-state index in [9.17, 15) is 13.6 Å². The Kier molecular flexibility index (Phi) is 5.24. The third kappa shape index (κ3) is 3.69. The first-order chi connectivity index (χ1) is 16.0. The molecular formula is C24H22F2N6O. The predicted molar refractivity (Wildman–Crippen MR) is 121 cm³/mol. The van der Waals surface area contributed by atoms with E-state index in [0.717, 1.165) is 17.2 Å². The molecule has 2 atom stereocenters. The Labute approximate surface area is 188 Å². The van der Waals surface area contributed by atoms with E-state index in [1.165, 1.54) is 29.7 Å². The first-order valence-corrected chi connectivity index (χ1v) is 10.7. The maximum absolute atomic E-state index is 14.2. The topological polar surface area (TPSA) is 86.8 Å². The van der Waals surface area contributed by atoms with Crippen LogP contribution in [-0.4, -0.2) is 37.9 Å². The van der Waals surface area contributed by atoms with Gasteiger partial charge in [-0.25, -0.2) is 23.7 Å². The van der Waals surface area contributed by atoms with Gasteiger partial charge in [-0.05, 0) is 43.0 Å². The number of fused-ring (bicyclic) bond motifs is 2. The average molecular weight is 448 g/mol. The number of anilines is 2. The first kappa shape index (κ1) is 21.0. The van der Waals surface area contributed by atoms with Gasteiger partial charge in [0.1, 0.15) is 23.5 Å². The first-order valence-electron chi connectivity index (χ1n) is 10.7. The van der Waals surface area contributed by atoms with Gasteiger partial charge in [0.2, 0.25) is 0 Å². The molecule has 2 unspecified atom stereocenters. The van der Waals surface area contributed by atoms with Crippen LogP contribution in [0.15, 0.2) is 49.1 Å². The summed E-state index contributed by atoms with van der Waals surface area (Å²) in [4.78, 5) is 30.9. The smallest absolute Gasteiger partial charge is 0.259 e. The Morgan fingerprint density at radius 2 is 1.97 bits per heavy atom. The Bertz CT molecular complexity index is 1330. The van der Waals surface area contributed by atoms with Crippen molar-refractivity contribution in [1.82, 2.24) is 19.9 Å². The van der Waals surface area contributed by atoms with Crippen molar-refractivity contribution in [2.45, 2.75) is 38.8 Å². The van der Waals surface area contributed by atoms with Crippen molar-refractivity contribution in [1.29, 1.82) is 0 Å². The highest BCUT2D eigenvalue weighted by Gasteiger charge is 2.39. The van der Waals surface area contributed by atoms with Crippen LogP contribution in [-0.2, 0) is 6.42 Å². The number of aryl methyl sites for hydroxylation is 1. The Hall–Kier alpha value is -3.88. The summed E-state index contributed by atoms with van der Waals surface area (Å²) >= 11 is 0. The fourth-order valence-corrected chi connectivity index (χ4v) is 4.62. The number of aromatic amines is 1. The number of imidazole rings is 1. The zero-order valence-electron chi connectivity index (χ0n) is 18.1. The molecule has 2 aromatic carbocycles. The molecule has 1 amide bonds. The maximum atomic E-state index is 14.2. The molecule has 168 valence electrons. The molecule has 5 rings (SSSR count). The van der Waals surface area contributed by atoms with Crippen molar-refractivity contribution in [3.63, 3.8) is 0 Å². The Balaban J connectivity index is 1.61. The van der Waals surface area contributed by atoms with Gasteiger partial charge in [-0.1, -0.05) is 25.1 Å². The number of aromatic nitrogens is 4. The molecule has 1 aliphatic heterocycles. The fourth-order valence-electron chi connectivity index (χ4n) is 4.62. The van der Waals surface area contributed by atoms with E-state index in [0.29, 0.717) is 35.4 Å². The van der Waals surface area contributed by atoms with Crippen molar-refractivity contribution in [3.05, 3.63) is 77.4 Å². The van der Waals surface area contributed by atoms with Gasteiger partial charge < -0.3 is 15.2 Å². The minimum absolute atomic E-state index is 0.186. The van der Waals surface area contributed by atoms with E-state index in [4.69, 9.17) is 0 Å². The molecule has 33 heavy (non-hydrogen) atoms. The highest BCUT2D eigenvalue weighted by Crippen LogP contribution is 2.34. The van der Waals surface area contributed by atoms with Gasteiger partial charge in [0.15, 0.2) is 11.5 Å². The second-order valence-electron chi connectivity index (χ2n) is 8.17. The van der Waals surface area contributed by atoms with Gasteiger partial charge >= 0.3 is 0 Å². The Morgan fingerprint density at radius 1 is 1.18 bits per heavy atom. The van der Waals surface area contributed by atoms with E-state index >= 15 is 0 Å². The molecule has 4 aromatic rings. The van der Waals surface area contributed by atoms with Crippen LogP contribution >= 0.6 is 0 Å². The highest BCUT2D eigenvalue weighted by molar-refractivity contribution is 6.09. The number of carbonyl (C=O) groups excluding carboxylic acids is 1. The summed E-state index contributed by atoms with van der Waals surface area (Å²) in [6.45, 7) is 3.86. The second kappa shape index (κ2) is 8.23. The molecule has 9 heteroatoms. The molecule has 0 saturated carbocycles. The zero-order valence-corrected chi connectivity index (χ0v) is 18.1. The zero-order chi connectivity index (χ0) is 23.1. The summed E-state index contributed by atoms with van der Waals surface area (Å²) in [6.07, 6.45) is 4.11. The quantitative estimate of drug-likeness (QED) is 0.473. The van der Waals surface area contributed by atoms with E-state index in [-0.39, 0.29) is 17.6 Å². The van der Waals surface area contributed by atoms with Crippen LogP contribution in [0.5, 0.6) is 0 Å². The molecule has 0 radical (unpaired) electrons. The molecule has 0 fully saturated rings. The molecule has 1 aliphatic rings. The van der Waals surface area contributed by atoms with Crippen molar-refractivity contribution >= 4 is 28.6 Å². The van der Waals surface area contributed by atoms with Crippen LogP contribution in [0.25, 0.3) is 11.2 Å². The van der Waals surface area contributed by atoms with Crippen LogP contribution < -0.4 is 10.2 Å². The van der Waals surface area contributed by atoms with Crippen molar-refractivity contribution in [2.24, 2.45) is 0 Å². The lowest BCUT2D eigenvalue weighted by Crippen LogP contribution is -2.54. The molecule has 0 aliphatic carbocycles. The van der Waals surface area contributed by atoms with Crippen LogP contribution in [0.1, 0.15) is 34.8 Å². The van der Waals surface area contributed by atoms with Gasteiger partial charge in [0.25, 0.3) is 5.91 Å². The normalized spacial score (nSPS) is 16.7. The number of halogens is 2. The molecule has 7 nitrogen and oxygen atoms in total. The summed E-state index contributed by atoms with van der Waals surface area (Å²) in [5, 5.41) is 3.42. The van der Waals surface area contributed by atoms with Gasteiger partial charge in [0, 0.05) is 17.7 Å². The summed E-state index contributed by atoms with van der Waals surface area (Å²) in [5.41, 5.74) is 3.67. The number of rotatable bonds is 5. The lowest BCUT2D eigenvalue weighted by atomic mass is 9.86. The number of benzene rings is 2. The lowest BCUT2D eigenvalue weighted by molar-refractivity contribution is 0.0963. The highest BCUT2D eigenvalue weighted by atomic mass is 19.1. The molecule has 0 bridgehead atoms. The molecule has 2 aromatic heterocycles. The number of amides is 1. The SMILES string of the molecule is CCC(Nc1ncnc2nc[nH]c12)C1Cc2cccc(C)c2C(=O)N1c1cc(F)cc(F)c1. The number of H-pyrrole nitrogens is 1. The standard InChI is InChI=1S/C24H22F2N6O/c1-3-18(31-23-21-22(28-11-27-21)29-12-30-23)19-7-14-6-4-5-13(2)20(14)24(33)32(19)17-9-15(25)8-16(26)10-17/h4-6,8-12,18-19H,3,7H2,1-2H3,(H2,27,28,29,30,31). The van der Waals surface area contributed by atoms with Gasteiger partial charge in [0.05, 0.1) is 18.1 Å². The molecule has 2 N–H and O–H groups in total. The third-order valence-corrected chi connectivity index (χ3v) is 6.13. The number of nitrogens with zero attached hydrogens (tertiary/aromatic N) is 4. The number of hydrogen-bond acceptors (Lipinski definition) is 5. The summed E-state index contributed by atoms with van der Waals surface area (Å²) < 4.78 is 28.3. The van der Waals surface area contributed by atoms with E-state index < -0.39 is 17.7 Å². The fraction of sp³-hybridized carbons (Fsp3) is 0.250. The van der Waals surface area contributed by atoms with E-state index in [2.05, 4.69) is 25.3 Å². The van der Waals surface area contributed by atoms with Crippen LogP contribution in [0.2, 0.25) is 0 Å². The van der Waals surface area contributed by atoms with Gasteiger partial charge in [-0.2, -0.15) is 0 Å². The van der Waals surface area contributed by atoms with E-state index in [1.54, 1.807) is 0 Å². The lowest BCUT2D eigenvalue weighted by Gasteiger charge is -2.41. The van der Waals surface area contributed by atoms with Crippen LogP contribution in [0, 0.1) is 18.6 Å². The van der Waals surface area contributed by atoms with Crippen molar-refractivity contribution in [2.75, 3.05) is 10.2 Å². The summed E-state index contributed by atoms with van der Waals surface area (Å²) in [7, 11) is 0. The van der Waals surface area contributed by atoms with Crippen LogP contribution in [0.4, 0.5) is 20.3 Å². The van der Waals surface area contributed by atoms with Crippen molar-refractivity contribution < 1.29 is 13.6 Å². The van der Waals surface area contributed by atoms with E-state index in [1.807, 2.05) is 32.0 Å². The largest absolute Gasteiger partial charge is 0.363 e. The molecule has 3 heterocycles. The minimum Gasteiger partial charge on any atom is -0.363 e. The molecular weight excluding hydrogens is 426 g/mol. The average Bonchev–Trinajstić information content (AvgIpc) is 3.26. The maximum Gasteiger partial charge on any atom is 0.259 e. The van der Waals surface area contributed by atoms with Crippen LogP contribution in [0.3, 0.4) is 0 Å². The monoisotopic (exact) mass is 448 g/mol. The van der Waals surface area contributed by atoms with Gasteiger partial charge in [-0.3, -0.25) is 4.79 Å². The summed E-state index contributed by atoms with van der Waals surface area (Å²) in [5.74, 6) is -1.19. The minimum atomic E-state index is -0.733.